The number of benzene rings is 2. The fourth-order valence-corrected chi connectivity index (χ4v) is 3.20. The van der Waals surface area contributed by atoms with E-state index in [4.69, 9.17) is 0 Å². The van der Waals surface area contributed by atoms with Gasteiger partial charge in [-0.25, -0.2) is 9.97 Å². The summed E-state index contributed by atoms with van der Waals surface area (Å²) in [5.41, 5.74) is 3.33. The molecule has 1 amide bonds. The molecule has 0 aliphatic rings. The van der Waals surface area contributed by atoms with Gasteiger partial charge in [-0.2, -0.15) is 0 Å². The molecule has 4 rings (SSSR count). The van der Waals surface area contributed by atoms with Crippen molar-refractivity contribution in [2.24, 2.45) is 0 Å². The Kier molecular flexibility index (Phi) is 5.38. The van der Waals surface area contributed by atoms with Gasteiger partial charge in [0, 0.05) is 24.7 Å². The molecule has 0 bridgehead atoms. The van der Waals surface area contributed by atoms with Crippen LogP contribution in [0.2, 0.25) is 0 Å². The molecule has 0 spiro atoms. The predicted octanol–water partition coefficient (Wildman–Crippen LogP) is 4.51. The first-order chi connectivity index (χ1) is 13.8. The van der Waals surface area contributed by atoms with Gasteiger partial charge in [0.15, 0.2) is 5.65 Å². The van der Waals surface area contributed by atoms with Crippen LogP contribution in [0.1, 0.15) is 21.6 Å². The fourth-order valence-electron chi connectivity index (χ4n) is 3.20. The van der Waals surface area contributed by atoms with E-state index in [0.717, 1.165) is 17.4 Å². The van der Waals surface area contributed by atoms with E-state index >= 15 is 0 Å². The normalized spacial score (nSPS) is 10.7. The number of fused-ring (bicyclic) bond motifs is 1. The van der Waals surface area contributed by atoms with Gasteiger partial charge in [0.1, 0.15) is 5.69 Å². The molecule has 0 fully saturated rings. The average Bonchev–Trinajstić information content (AvgIpc) is 2.77. The van der Waals surface area contributed by atoms with Gasteiger partial charge in [0.25, 0.3) is 5.91 Å². The molecule has 28 heavy (non-hydrogen) atoms. The van der Waals surface area contributed by atoms with Crippen molar-refractivity contribution in [3.05, 3.63) is 108 Å². The zero-order valence-corrected chi connectivity index (χ0v) is 15.5. The Morgan fingerprint density at radius 1 is 0.786 bits per heavy atom. The van der Waals surface area contributed by atoms with Crippen LogP contribution in [0.15, 0.2) is 91.1 Å². The highest BCUT2D eigenvalue weighted by atomic mass is 16.2. The predicted molar refractivity (Wildman–Crippen MR) is 111 cm³/mol. The highest BCUT2D eigenvalue weighted by molar-refractivity contribution is 5.94. The van der Waals surface area contributed by atoms with E-state index in [-0.39, 0.29) is 5.91 Å². The summed E-state index contributed by atoms with van der Waals surface area (Å²) in [6, 6.07) is 27.8. The summed E-state index contributed by atoms with van der Waals surface area (Å²) in [6.45, 7) is 1.17. The van der Waals surface area contributed by atoms with E-state index < -0.39 is 0 Å². The number of pyridine rings is 2. The lowest BCUT2D eigenvalue weighted by atomic mass is 10.1. The molecule has 138 valence electrons. The van der Waals surface area contributed by atoms with Gasteiger partial charge in [0.05, 0.1) is 0 Å². The topological polar surface area (TPSA) is 46.1 Å². The highest BCUT2D eigenvalue weighted by Gasteiger charge is 2.18. The molecule has 0 radical (unpaired) electrons. The summed E-state index contributed by atoms with van der Waals surface area (Å²) in [7, 11) is 0. The van der Waals surface area contributed by atoms with Gasteiger partial charge in [-0.3, -0.25) is 4.79 Å². The largest absolute Gasteiger partial charge is 0.333 e. The van der Waals surface area contributed by atoms with E-state index in [1.165, 1.54) is 5.56 Å². The summed E-state index contributed by atoms with van der Waals surface area (Å²) < 4.78 is 0. The maximum atomic E-state index is 13.2. The minimum absolute atomic E-state index is 0.0765. The van der Waals surface area contributed by atoms with E-state index in [2.05, 4.69) is 22.1 Å². The third kappa shape index (κ3) is 4.23. The molecule has 0 saturated heterocycles. The van der Waals surface area contributed by atoms with Gasteiger partial charge < -0.3 is 4.90 Å². The van der Waals surface area contributed by atoms with Crippen LogP contribution in [0.5, 0.6) is 0 Å². The van der Waals surface area contributed by atoms with E-state index in [0.29, 0.717) is 24.4 Å². The molecule has 2 aromatic carbocycles. The second-order valence-corrected chi connectivity index (χ2v) is 6.69. The van der Waals surface area contributed by atoms with Crippen LogP contribution in [0.4, 0.5) is 0 Å². The number of hydrogen-bond acceptors (Lipinski definition) is 3. The van der Waals surface area contributed by atoms with Crippen molar-refractivity contribution in [2.75, 3.05) is 6.54 Å². The van der Waals surface area contributed by atoms with Gasteiger partial charge in [0.2, 0.25) is 0 Å². The SMILES string of the molecule is O=C(c1ccc2cccnc2n1)N(CCc1ccccc1)Cc1ccccc1. The lowest BCUT2D eigenvalue weighted by molar-refractivity contribution is 0.0739. The third-order valence-corrected chi connectivity index (χ3v) is 4.70. The van der Waals surface area contributed by atoms with E-state index in [1.54, 1.807) is 12.3 Å². The Morgan fingerprint density at radius 2 is 1.50 bits per heavy atom. The summed E-state index contributed by atoms with van der Waals surface area (Å²) in [6.07, 6.45) is 2.49. The highest BCUT2D eigenvalue weighted by Crippen LogP contribution is 2.14. The van der Waals surface area contributed by atoms with Gasteiger partial charge in [-0.1, -0.05) is 60.7 Å². The molecule has 0 atom stereocenters. The molecule has 4 heteroatoms. The summed E-state index contributed by atoms with van der Waals surface area (Å²) in [4.78, 5) is 23.9. The van der Waals surface area contributed by atoms with Gasteiger partial charge in [-0.15, -0.1) is 0 Å². The Hall–Kier alpha value is -3.53. The van der Waals surface area contributed by atoms with E-state index in [9.17, 15) is 4.79 Å². The fraction of sp³-hybridized carbons (Fsp3) is 0.125. The average molecular weight is 367 g/mol. The summed E-state index contributed by atoms with van der Waals surface area (Å²) >= 11 is 0. The lowest BCUT2D eigenvalue weighted by Crippen LogP contribution is -2.33. The van der Waals surface area contributed by atoms with Crippen molar-refractivity contribution in [3.8, 4) is 0 Å². The van der Waals surface area contributed by atoms with Crippen LogP contribution in [0.3, 0.4) is 0 Å². The molecule has 0 aliphatic carbocycles. The number of aromatic nitrogens is 2. The monoisotopic (exact) mass is 367 g/mol. The molecule has 0 N–H and O–H groups in total. The second-order valence-electron chi connectivity index (χ2n) is 6.69. The molecule has 4 nitrogen and oxygen atoms in total. The van der Waals surface area contributed by atoms with Gasteiger partial charge >= 0.3 is 0 Å². The van der Waals surface area contributed by atoms with Crippen LogP contribution in [0.25, 0.3) is 11.0 Å². The first-order valence-electron chi connectivity index (χ1n) is 9.38. The number of amides is 1. The maximum Gasteiger partial charge on any atom is 0.272 e. The Labute approximate surface area is 164 Å². The standard InChI is InChI=1S/C24H21N3O/c28-24(22-14-13-21-12-7-16-25-23(21)26-22)27(18-20-10-5-2-6-11-20)17-15-19-8-3-1-4-9-19/h1-14,16H,15,17-18H2. The molecule has 2 heterocycles. The second kappa shape index (κ2) is 8.44. The zero-order chi connectivity index (χ0) is 19.2. The van der Waals surface area contributed by atoms with Crippen LogP contribution in [-0.4, -0.2) is 27.3 Å². The van der Waals surface area contributed by atoms with Crippen LogP contribution < -0.4 is 0 Å². The zero-order valence-electron chi connectivity index (χ0n) is 15.5. The smallest absolute Gasteiger partial charge is 0.272 e. The molecule has 0 aliphatic heterocycles. The number of rotatable bonds is 6. The van der Waals surface area contributed by atoms with E-state index in [1.807, 2.05) is 71.6 Å². The van der Waals surface area contributed by atoms with Crippen molar-refractivity contribution in [3.63, 3.8) is 0 Å². The molecule has 2 aromatic heterocycles. The van der Waals surface area contributed by atoms with Crippen LogP contribution in [0, 0.1) is 0 Å². The molecule has 0 unspecified atom stereocenters. The number of carbonyl (C=O) groups excluding carboxylic acids is 1. The molecule has 4 aromatic rings. The van der Waals surface area contributed by atoms with Gasteiger partial charge in [-0.05, 0) is 41.8 Å². The molecule has 0 saturated carbocycles. The summed E-state index contributed by atoms with van der Waals surface area (Å²) in [5, 5.41) is 0.929. The molecular formula is C24H21N3O. The quantitative estimate of drug-likeness (QED) is 0.503. The Morgan fingerprint density at radius 3 is 2.25 bits per heavy atom. The Balaban J connectivity index is 1.59. The number of nitrogens with zero attached hydrogens (tertiary/aromatic N) is 3. The van der Waals surface area contributed by atoms with Crippen LogP contribution >= 0.6 is 0 Å². The summed E-state index contributed by atoms with van der Waals surface area (Å²) in [5.74, 6) is -0.0765. The van der Waals surface area contributed by atoms with Crippen molar-refractivity contribution in [1.82, 2.24) is 14.9 Å². The minimum Gasteiger partial charge on any atom is -0.333 e. The number of hydrogen-bond donors (Lipinski definition) is 0. The molecular weight excluding hydrogens is 346 g/mol. The minimum atomic E-state index is -0.0765. The van der Waals surface area contributed by atoms with Crippen molar-refractivity contribution < 1.29 is 4.79 Å². The van der Waals surface area contributed by atoms with Crippen molar-refractivity contribution >= 4 is 16.9 Å². The third-order valence-electron chi connectivity index (χ3n) is 4.70. The van der Waals surface area contributed by atoms with Crippen LogP contribution in [-0.2, 0) is 13.0 Å². The number of carbonyl (C=O) groups is 1. The van der Waals surface area contributed by atoms with Crippen molar-refractivity contribution in [1.29, 1.82) is 0 Å². The van der Waals surface area contributed by atoms with Crippen molar-refractivity contribution in [2.45, 2.75) is 13.0 Å². The Bertz CT molecular complexity index is 1060. The lowest BCUT2D eigenvalue weighted by Gasteiger charge is -2.23. The maximum absolute atomic E-state index is 13.2. The first-order valence-corrected chi connectivity index (χ1v) is 9.38. The first kappa shape index (κ1) is 17.9.